The lowest BCUT2D eigenvalue weighted by Crippen LogP contribution is -2.47. The highest BCUT2D eigenvalue weighted by molar-refractivity contribution is 7.12. The summed E-state index contributed by atoms with van der Waals surface area (Å²) in [6.45, 7) is 0. The van der Waals surface area contributed by atoms with Crippen molar-refractivity contribution in [3.8, 4) is 5.75 Å². The molecule has 2 rings (SSSR count). The highest BCUT2D eigenvalue weighted by atomic mass is 32.1. The van der Waals surface area contributed by atoms with E-state index in [1.165, 1.54) is 29.5 Å². The Bertz CT molecular complexity index is 703. The minimum atomic E-state index is -1.87. The molecule has 1 atom stereocenters. The maximum atomic E-state index is 12.0. The second-order valence-corrected chi connectivity index (χ2v) is 5.74. The molecule has 0 fully saturated rings. The van der Waals surface area contributed by atoms with Crippen LogP contribution < -0.4 is 5.32 Å². The number of carbonyl (C=O) groups is 2. The molecule has 0 aliphatic heterocycles. The number of carbonyl (C=O) groups excluding carboxylic acids is 1. The summed E-state index contributed by atoms with van der Waals surface area (Å²) in [4.78, 5) is 23.4. The number of hydrogen-bond acceptors (Lipinski definition) is 6. The van der Waals surface area contributed by atoms with Crippen molar-refractivity contribution in [2.75, 3.05) is 0 Å². The first-order chi connectivity index (χ1) is 10.9. The lowest BCUT2D eigenvalue weighted by atomic mass is 9.75. The van der Waals surface area contributed by atoms with E-state index in [0.717, 1.165) is 0 Å². The molecular formula is C14H14BNO6S. The number of nitrogens with one attached hydrogen (secondary N) is 1. The molecule has 0 aliphatic carbocycles. The van der Waals surface area contributed by atoms with Crippen LogP contribution in [0, 0.1) is 0 Å². The monoisotopic (exact) mass is 335 g/mol. The van der Waals surface area contributed by atoms with Crippen LogP contribution in [-0.4, -0.2) is 45.2 Å². The summed E-state index contributed by atoms with van der Waals surface area (Å²) in [6, 6.07) is 7.39. The van der Waals surface area contributed by atoms with Gasteiger partial charge >= 0.3 is 13.1 Å². The number of benzene rings is 1. The highest BCUT2D eigenvalue weighted by Gasteiger charge is 2.28. The summed E-state index contributed by atoms with van der Waals surface area (Å²) in [5, 5.41) is 42.0. The number of aromatic carboxylic acids is 1. The molecule has 0 bridgehead atoms. The van der Waals surface area contributed by atoms with Crippen molar-refractivity contribution in [2.45, 2.75) is 12.4 Å². The first-order valence-corrected chi connectivity index (χ1v) is 7.52. The quantitative estimate of drug-likeness (QED) is 0.490. The van der Waals surface area contributed by atoms with Gasteiger partial charge in [0.05, 0.1) is 10.8 Å². The van der Waals surface area contributed by atoms with Gasteiger partial charge in [0.1, 0.15) is 11.3 Å². The number of aromatic hydroxyl groups is 1. The molecule has 1 heterocycles. The van der Waals surface area contributed by atoms with E-state index in [2.05, 4.69) is 5.32 Å². The van der Waals surface area contributed by atoms with Crippen molar-refractivity contribution in [3.05, 3.63) is 51.7 Å². The first kappa shape index (κ1) is 17.0. The number of carboxylic acid groups (broad SMARTS) is 1. The Morgan fingerprint density at radius 1 is 1.22 bits per heavy atom. The Morgan fingerprint density at radius 3 is 2.52 bits per heavy atom. The number of rotatable bonds is 6. The maximum Gasteiger partial charge on any atom is 0.475 e. The fourth-order valence-electron chi connectivity index (χ4n) is 2.04. The third kappa shape index (κ3) is 4.10. The highest BCUT2D eigenvalue weighted by Crippen LogP contribution is 2.24. The summed E-state index contributed by atoms with van der Waals surface area (Å²) in [5.74, 6) is -3.34. The van der Waals surface area contributed by atoms with Crippen molar-refractivity contribution in [1.29, 1.82) is 0 Å². The van der Waals surface area contributed by atoms with E-state index < -0.39 is 30.7 Å². The second kappa shape index (κ2) is 7.27. The molecule has 7 nitrogen and oxygen atoms in total. The topological polar surface area (TPSA) is 127 Å². The van der Waals surface area contributed by atoms with Crippen LogP contribution >= 0.6 is 11.3 Å². The summed E-state index contributed by atoms with van der Waals surface area (Å²) >= 11 is 1.20. The Kier molecular flexibility index (Phi) is 5.38. The zero-order valence-corrected chi connectivity index (χ0v) is 12.7. The van der Waals surface area contributed by atoms with Crippen LogP contribution in [0.1, 0.15) is 25.6 Å². The number of hydrogen-bond donors (Lipinski definition) is 5. The predicted octanol–water partition coefficient (Wildman–Crippen LogP) is 0.505. The van der Waals surface area contributed by atoms with Crippen molar-refractivity contribution >= 4 is 30.3 Å². The largest absolute Gasteiger partial charge is 0.507 e. The molecule has 0 unspecified atom stereocenters. The molecular weight excluding hydrogens is 321 g/mol. The smallest absolute Gasteiger partial charge is 0.475 e. The molecule has 2 aromatic rings. The average molecular weight is 335 g/mol. The van der Waals surface area contributed by atoms with Crippen LogP contribution in [-0.2, 0) is 6.42 Å². The van der Waals surface area contributed by atoms with Crippen LogP contribution in [0.25, 0.3) is 0 Å². The van der Waals surface area contributed by atoms with Gasteiger partial charge in [0, 0.05) is 0 Å². The van der Waals surface area contributed by atoms with Crippen LogP contribution in [0.2, 0.25) is 0 Å². The van der Waals surface area contributed by atoms with Crippen LogP contribution in [0.5, 0.6) is 5.75 Å². The van der Waals surface area contributed by atoms with Crippen LogP contribution in [0.3, 0.4) is 0 Å². The van der Waals surface area contributed by atoms with Crippen molar-refractivity contribution in [2.24, 2.45) is 0 Å². The molecule has 5 N–H and O–H groups in total. The molecule has 1 aromatic carbocycles. The van der Waals surface area contributed by atoms with Gasteiger partial charge in [-0.1, -0.05) is 18.2 Å². The summed E-state index contributed by atoms with van der Waals surface area (Å²) < 4.78 is 0. The summed E-state index contributed by atoms with van der Waals surface area (Å²) in [7, 11) is -1.87. The van der Waals surface area contributed by atoms with Gasteiger partial charge in [-0.3, -0.25) is 4.79 Å². The van der Waals surface area contributed by atoms with Crippen molar-refractivity contribution in [1.82, 2.24) is 5.32 Å². The van der Waals surface area contributed by atoms with E-state index in [4.69, 9.17) is 5.11 Å². The molecule has 23 heavy (non-hydrogen) atoms. The van der Waals surface area contributed by atoms with Crippen molar-refractivity contribution in [3.63, 3.8) is 0 Å². The molecule has 1 amide bonds. The fraction of sp³-hybridized carbons (Fsp3) is 0.143. The van der Waals surface area contributed by atoms with Gasteiger partial charge in [-0.15, -0.1) is 11.3 Å². The molecule has 1 aromatic heterocycles. The lowest BCUT2D eigenvalue weighted by Gasteiger charge is -2.18. The Hall–Kier alpha value is -2.36. The van der Waals surface area contributed by atoms with Crippen molar-refractivity contribution < 1.29 is 29.9 Å². The van der Waals surface area contributed by atoms with Gasteiger partial charge < -0.3 is 25.6 Å². The van der Waals surface area contributed by atoms with Gasteiger partial charge in [0.25, 0.3) is 5.91 Å². The minimum Gasteiger partial charge on any atom is -0.507 e. The zero-order chi connectivity index (χ0) is 17.0. The fourth-order valence-corrected chi connectivity index (χ4v) is 2.67. The molecule has 0 aliphatic rings. The van der Waals surface area contributed by atoms with E-state index in [0.29, 0.717) is 4.88 Å². The Morgan fingerprint density at radius 2 is 1.96 bits per heavy atom. The number of carboxylic acids is 1. The van der Waals surface area contributed by atoms with Gasteiger partial charge in [-0.2, -0.15) is 0 Å². The van der Waals surface area contributed by atoms with E-state index >= 15 is 0 Å². The van der Waals surface area contributed by atoms with E-state index in [9.17, 15) is 24.7 Å². The van der Waals surface area contributed by atoms with Gasteiger partial charge in [0.2, 0.25) is 0 Å². The number of amides is 1. The summed E-state index contributed by atoms with van der Waals surface area (Å²) in [5.41, 5.74) is -0.104. The van der Waals surface area contributed by atoms with E-state index in [1.807, 2.05) is 0 Å². The average Bonchev–Trinajstić information content (AvgIpc) is 3.02. The normalized spacial score (nSPS) is 11.7. The number of phenols is 1. The number of para-hydroxylation sites is 1. The third-order valence-corrected chi connectivity index (χ3v) is 4.08. The predicted molar refractivity (Wildman–Crippen MR) is 84.5 cm³/mol. The number of thiophene rings is 1. The van der Waals surface area contributed by atoms with Gasteiger partial charge in [-0.25, -0.2) is 4.79 Å². The molecule has 0 spiro atoms. The second-order valence-electron chi connectivity index (χ2n) is 4.79. The third-order valence-electron chi connectivity index (χ3n) is 3.21. The lowest BCUT2D eigenvalue weighted by molar-refractivity contribution is 0.0693. The van der Waals surface area contributed by atoms with E-state index in [1.54, 1.807) is 17.5 Å². The SMILES string of the molecule is O=C(N[C@@H](Cc1cccc(C(=O)O)c1O)B(O)O)c1cccs1. The maximum absolute atomic E-state index is 12.0. The zero-order valence-electron chi connectivity index (χ0n) is 11.8. The first-order valence-electron chi connectivity index (χ1n) is 6.64. The standard InChI is InChI=1S/C14H14BNO6S/c17-12-8(3-1-4-9(12)14(19)20)7-11(15(21)22)16-13(18)10-5-2-6-23-10/h1-6,11,17,21-22H,7H2,(H,16,18)(H,19,20)/t11-/m0/s1. The minimum absolute atomic E-state index is 0.137. The Balaban J connectivity index is 2.19. The van der Waals surface area contributed by atoms with Crippen LogP contribution in [0.4, 0.5) is 0 Å². The molecule has 120 valence electrons. The Labute approximate surface area is 136 Å². The van der Waals surface area contributed by atoms with E-state index in [-0.39, 0.29) is 17.5 Å². The van der Waals surface area contributed by atoms with Gasteiger partial charge in [-0.05, 0) is 29.5 Å². The summed E-state index contributed by atoms with van der Waals surface area (Å²) in [6.07, 6.45) is -0.137. The van der Waals surface area contributed by atoms with Crippen LogP contribution in [0.15, 0.2) is 35.7 Å². The molecule has 9 heteroatoms. The molecule has 0 saturated carbocycles. The van der Waals surface area contributed by atoms with Gasteiger partial charge in [0.15, 0.2) is 0 Å². The molecule has 0 saturated heterocycles. The molecule has 0 radical (unpaired) electrons.